The molecule has 1 aromatic carbocycles. The predicted molar refractivity (Wildman–Crippen MR) is 64.5 cm³/mol. The summed E-state index contributed by atoms with van der Waals surface area (Å²) < 4.78 is 0. The van der Waals surface area contributed by atoms with E-state index >= 15 is 0 Å². The Labute approximate surface area is 101 Å². The summed E-state index contributed by atoms with van der Waals surface area (Å²) in [6.45, 7) is 0. The Morgan fingerprint density at radius 1 is 1.33 bits per heavy atom. The Hall–Kier alpha value is -2.76. The minimum atomic E-state index is -1.07. The summed E-state index contributed by atoms with van der Waals surface area (Å²) in [5.41, 5.74) is 1.91. The highest BCUT2D eigenvalue weighted by molar-refractivity contribution is 5.99. The summed E-state index contributed by atoms with van der Waals surface area (Å²) in [4.78, 5) is 13.8. The van der Waals surface area contributed by atoms with Gasteiger partial charge in [-0.15, -0.1) is 0 Å². The third-order valence-corrected chi connectivity index (χ3v) is 2.77. The zero-order valence-electron chi connectivity index (χ0n) is 9.14. The molecule has 90 valence electrons. The number of nitrogens with one attached hydrogen (secondary N) is 2. The van der Waals surface area contributed by atoms with Gasteiger partial charge in [-0.2, -0.15) is 5.10 Å². The summed E-state index contributed by atoms with van der Waals surface area (Å²) in [5.74, 6) is -0.943. The fourth-order valence-electron chi connectivity index (χ4n) is 1.94. The van der Waals surface area contributed by atoms with Gasteiger partial charge in [0.15, 0.2) is 0 Å². The summed E-state index contributed by atoms with van der Waals surface area (Å²) in [7, 11) is 0. The fourth-order valence-corrected chi connectivity index (χ4v) is 1.94. The molecule has 3 rings (SSSR count). The van der Waals surface area contributed by atoms with E-state index in [-0.39, 0.29) is 11.4 Å². The van der Waals surface area contributed by atoms with Gasteiger partial charge in [-0.05, 0) is 18.2 Å². The molecule has 6 heteroatoms. The predicted octanol–water partition coefficient (Wildman–Crippen LogP) is 1.96. The van der Waals surface area contributed by atoms with E-state index in [1.807, 2.05) is 6.07 Å². The quantitative estimate of drug-likeness (QED) is 0.552. The average Bonchev–Trinajstić information content (AvgIpc) is 2.94. The zero-order chi connectivity index (χ0) is 12.7. The number of fused-ring (bicyclic) bond motifs is 1. The van der Waals surface area contributed by atoms with Crippen LogP contribution in [0.3, 0.4) is 0 Å². The summed E-state index contributed by atoms with van der Waals surface area (Å²) in [6, 6.07) is 6.55. The molecular formula is C12H9N3O3. The lowest BCUT2D eigenvalue weighted by Crippen LogP contribution is -1.95. The number of hydrogen-bond acceptors (Lipinski definition) is 3. The number of carboxylic acids is 1. The first-order valence-corrected chi connectivity index (χ1v) is 5.25. The van der Waals surface area contributed by atoms with Crippen LogP contribution in [0.4, 0.5) is 0 Å². The van der Waals surface area contributed by atoms with Crippen LogP contribution >= 0.6 is 0 Å². The Bertz CT molecular complexity index is 742. The van der Waals surface area contributed by atoms with Crippen LogP contribution in [-0.4, -0.2) is 31.4 Å². The average molecular weight is 243 g/mol. The van der Waals surface area contributed by atoms with Crippen LogP contribution in [0.25, 0.3) is 22.2 Å². The molecular weight excluding hydrogens is 234 g/mol. The number of rotatable bonds is 2. The van der Waals surface area contributed by atoms with E-state index in [1.165, 1.54) is 6.07 Å². The van der Waals surface area contributed by atoms with E-state index in [9.17, 15) is 9.90 Å². The van der Waals surface area contributed by atoms with Crippen LogP contribution in [0.15, 0.2) is 30.5 Å². The maximum atomic E-state index is 10.8. The number of aromatic nitrogens is 3. The zero-order valence-corrected chi connectivity index (χ0v) is 9.14. The number of nitrogens with zero attached hydrogens (tertiary/aromatic N) is 1. The van der Waals surface area contributed by atoms with Crippen molar-refractivity contribution in [3.05, 3.63) is 36.2 Å². The van der Waals surface area contributed by atoms with Crippen LogP contribution in [0.5, 0.6) is 5.75 Å². The molecule has 0 unspecified atom stereocenters. The molecule has 0 fully saturated rings. The maximum Gasteiger partial charge on any atom is 0.353 e. The van der Waals surface area contributed by atoms with Gasteiger partial charge in [0.1, 0.15) is 11.4 Å². The summed E-state index contributed by atoms with van der Waals surface area (Å²) in [6.07, 6.45) is 1.69. The van der Waals surface area contributed by atoms with Crippen molar-refractivity contribution in [2.24, 2.45) is 0 Å². The second-order valence-corrected chi connectivity index (χ2v) is 3.87. The van der Waals surface area contributed by atoms with Crippen molar-refractivity contribution in [3.63, 3.8) is 0 Å². The Balaban J connectivity index is 2.22. The van der Waals surface area contributed by atoms with Gasteiger partial charge in [-0.25, -0.2) is 4.79 Å². The highest BCUT2D eigenvalue weighted by atomic mass is 16.4. The monoisotopic (exact) mass is 243 g/mol. The molecule has 6 nitrogen and oxygen atoms in total. The molecule has 3 aromatic rings. The normalized spacial score (nSPS) is 10.9. The van der Waals surface area contributed by atoms with Gasteiger partial charge >= 0.3 is 5.97 Å². The van der Waals surface area contributed by atoms with Crippen molar-refractivity contribution in [1.82, 2.24) is 15.2 Å². The number of aromatic hydroxyl groups is 1. The number of aromatic amines is 2. The van der Waals surface area contributed by atoms with Gasteiger partial charge < -0.3 is 15.2 Å². The van der Waals surface area contributed by atoms with Crippen LogP contribution in [0.2, 0.25) is 0 Å². The van der Waals surface area contributed by atoms with Gasteiger partial charge in [0.2, 0.25) is 0 Å². The molecule has 0 aliphatic rings. The Morgan fingerprint density at radius 3 is 2.89 bits per heavy atom. The number of aromatic carboxylic acids is 1. The van der Waals surface area contributed by atoms with E-state index in [1.54, 1.807) is 18.3 Å². The summed E-state index contributed by atoms with van der Waals surface area (Å²) in [5, 5.41) is 25.7. The number of carbonyl (C=O) groups is 1. The van der Waals surface area contributed by atoms with Crippen molar-refractivity contribution in [2.75, 3.05) is 0 Å². The number of H-pyrrole nitrogens is 2. The standard InChI is InChI=1S/C12H9N3O3/c16-10-3-1-2-7-11(10)6(5-13-7)8-4-9(12(17)18)15-14-8/h1-5,13,16H,(H,14,15)(H,17,18). The molecule has 0 amide bonds. The molecule has 2 aromatic heterocycles. The fraction of sp³-hybridized carbons (Fsp3) is 0. The smallest absolute Gasteiger partial charge is 0.353 e. The van der Waals surface area contributed by atoms with Crippen molar-refractivity contribution >= 4 is 16.9 Å². The van der Waals surface area contributed by atoms with Gasteiger partial charge in [0.25, 0.3) is 0 Å². The molecule has 18 heavy (non-hydrogen) atoms. The third-order valence-electron chi connectivity index (χ3n) is 2.77. The van der Waals surface area contributed by atoms with Gasteiger partial charge in [-0.3, -0.25) is 5.10 Å². The van der Waals surface area contributed by atoms with Gasteiger partial charge in [-0.1, -0.05) is 6.07 Å². The highest BCUT2D eigenvalue weighted by Gasteiger charge is 2.14. The third kappa shape index (κ3) is 1.43. The number of benzene rings is 1. The van der Waals surface area contributed by atoms with Crippen LogP contribution in [-0.2, 0) is 0 Å². The number of carboxylic acid groups (broad SMARTS) is 1. The first-order valence-electron chi connectivity index (χ1n) is 5.25. The second kappa shape index (κ2) is 3.63. The molecule has 0 atom stereocenters. The second-order valence-electron chi connectivity index (χ2n) is 3.87. The maximum absolute atomic E-state index is 10.8. The lowest BCUT2D eigenvalue weighted by atomic mass is 10.1. The molecule has 0 spiro atoms. The topological polar surface area (TPSA) is 102 Å². The van der Waals surface area contributed by atoms with Crippen LogP contribution < -0.4 is 0 Å². The molecule has 0 saturated heterocycles. The van der Waals surface area contributed by atoms with E-state index in [4.69, 9.17) is 5.11 Å². The number of hydrogen-bond donors (Lipinski definition) is 4. The summed E-state index contributed by atoms with van der Waals surface area (Å²) >= 11 is 0. The lowest BCUT2D eigenvalue weighted by molar-refractivity contribution is 0.0690. The van der Waals surface area contributed by atoms with E-state index < -0.39 is 5.97 Å². The Morgan fingerprint density at radius 2 is 2.17 bits per heavy atom. The molecule has 0 saturated carbocycles. The molecule has 4 N–H and O–H groups in total. The molecule has 0 aliphatic carbocycles. The van der Waals surface area contributed by atoms with Crippen LogP contribution in [0, 0.1) is 0 Å². The number of phenolic OH excluding ortho intramolecular Hbond substituents is 1. The van der Waals surface area contributed by atoms with Gasteiger partial charge in [0, 0.05) is 17.3 Å². The van der Waals surface area contributed by atoms with Crippen molar-refractivity contribution in [1.29, 1.82) is 0 Å². The van der Waals surface area contributed by atoms with Crippen molar-refractivity contribution in [3.8, 4) is 17.0 Å². The van der Waals surface area contributed by atoms with E-state index in [2.05, 4.69) is 15.2 Å². The molecule has 0 bridgehead atoms. The van der Waals surface area contributed by atoms with Gasteiger partial charge in [0.05, 0.1) is 11.1 Å². The SMILES string of the molecule is O=C(O)c1cc(-c2c[nH]c3cccc(O)c23)n[nH]1. The molecule has 0 aliphatic heterocycles. The van der Waals surface area contributed by atoms with Crippen molar-refractivity contribution in [2.45, 2.75) is 0 Å². The first-order chi connectivity index (χ1) is 8.66. The van der Waals surface area contributed by atoms with Crippen molar-refractivity contribution < 1.29 is 15.0 Å². The Kier molecular flexibility index (Phi) is 2.09. The lowest BCUT2D eigenvalue weighted by Gasteiger charge is -1.97. The minimum absolute atomic E-state index is 0.00905. The van der Waals surface area contributed by atoms with Crippen LogP contribution in [0.1, 0.15) is 10.5 Å². The first kappa shape index (κ1) is 10.4. The van der Waals surface area contributed by atoms with E-state index in [0.29, 0.717) is 16.6 Å². The number of phenols is 1. The molecule has 0 radical (unpaired) electrons. The van der Waals surface area contributed by atoms with E-state index in [0.717, 1.165) is 5.52 Å². The minimum Gasteiger partial charge on any atom is -0.507 e. The molecule has 2 heterocycles. The highest BCUT2D eigenvalue weighted by Crippen LogP contribution is 2.33. The largest absolute Gasteiger partial charge is 0.507 e.